The number of aryl methyl sites for hydroxylation is 1. The van der Waals surface area contributed by atoms with Gasteiger partial charge in [0.1, 0.15) is 17.3 Å². The molecular weight excluding hydrogens is 388 g/mol. The lowest BCUT2D eigenvalue weighted by molar-refractivity contribution is -0.125. The van der Waals surface area contributed by atoms with Gasteiger partial charge in [-0.1, -0.05) is 0 Å². The number of phenols is 1. The molecule has 0 aliphatic heterocycles. The van der Waals surface area contributed by atoms with Gasteiger partial charge in [0.25, 0.3) is 0 Å². The average Bonchev–Trinajstić information content (AvgIpc) is 2.63. The number of aliphatic hydroxyl groups is 2. The molecule has 0 spiro atoms. The van der Waals surface area contributed by atoms with Crippen LogP contribution in [0.25, 0.3) is 0 Å². The highest BCUT2D eigenvalue weighted by molar-refractivity contribution is 6.22. The average molecular weight is 410 g/mol. The Morgan fingerprint density at radius 3 is 2.30 bits per heavy atom. The first-order valence-electron chi connectivity index (χ1n) is 9.85. The van der Waals surface area contributed by atoms with Crippen LogP contribution in [-0.4, -0.2) is 38.5 Å². The Bertz CT molecular complexity index is 1120. The Morgan fingerprint density at radius 1 is 1.03 bits per heavy atom. The van der Waals surface area contributed by atoms with Crippen LogP contribution in [0.15, 0.2) is 28.7 Å². The zero-order valence-electron chi connectivity index (χ0n) is 16.9. The minimum Gasteiger partial charge on any atom is -0.511 e. The summed E-state index contributed by atoms with van der Waals surface area (Å²) < 4.78 is 0. The number of hydrogen-bond acceptors (Lipinski definition) is 7. The van der Waals surface area contributed by atoms with Crippen molar-refractivity contribution in [2.75, 3.05) is 0 Å². The van der Waals surface area contributed by atoms with Gasteiger partial charge in [-0.15, -0.1) is 0 Å². The summed E-state index contributed by atoms with van der Waals surface area (Å²) in [4.78, 5) is 50.2. The smallest absolute Gasteiger partial charge is 0.196 e. The van der Waals surface area contributed by atoms with E-state index in [9.17, 15) is 34.5 Å². The van der Waals surface area contributed by atoms with Crippen molar-refractivity contribution in [1.29, 1.82) is 0 Å². The Morgan fingerprint density at radius 2 is 1.70 bits per heavy atom. The quantitative estimate of drug-likeness (QED) is 0.505. The van der Waals surface area contributed by atoms with Crippen molar-refractivity contribution in [1.82, 2.24) is 0 Å². The number of aromatic hydroxyl groups is 1. The summed E-state index contributed by atoms with van der Waals surface area (Å²) in [5.74, 6) is -5.00. The predicted octanol–water partition coefficient (Wildman–Crippen LogP) is 3.08. The van der Waals surface area contributed by atoms with Gasteiger partial charge >= 0.3 is 0 Å². The van der Waals surface area contributed by atoms with Gasteiger partial charge in [-0.2, -0.15) is 0 Å². The van der Waals surface area contributed by atoms with Gasteiger partial charge in [-0.3, -0.25) is 19.2 Å². The normalized spacial score (nSPS) is 25.6. The van der Waals surface area contributed by atoms with E-state index in [0.717, 1.165) is 0 Å². The molecule has 4 rings (SSSR count). The van der Waals surface area contributed by atoms with Crippen molar-refractivity contribution in [2.45, 2.75) is 40.0 Å². The Labute approximate surface area is 172 Å². The van der Waals surface area contributed by atoms with E-state index in [1.807, 2.05) is 0 Å². The molecule has 156 valence electrons. The second-order valence-corrected chi connectivity index (χ2v) is 8.45. The lowest BCUT2D eigenvalue weighted by Gasteiger charge is -2.41. The van der Waals surface area contributed by atoms with Gasteiger partial charge in [0.2, 0.25) is 0 Å². The lowest BCUT2D eigenvalue weighted by atomic mass is 9.62. The van der Waals surface area contributed by atoms with Crippen LogP contribution in [0, 0.1) is 24.7 Å². The van der Waals surface area contributed by atoms with Gasteiger partial charge in [0.05, 0.1) is 17.1 Å². The largest absolute Gasteiger partial charge is 0.511 e. The first kappa shape index (κ1) is 20.1. The van der Waals surface area contributed by atoms with Gasteiger partial charge < -0.3 is 15.3 Å². The SMILES string of the molecule is CC(=O)C1=C(O)CC2CC3Cc4c(C(C)=O)cc(C)c(O)c4C(=O)C3=C(O)C2C1=O. The zero-order chi connectivity index (χ0) is 22.1. The molecule has 3 aliphatic carbocycles. The van der Waals surface area contributed by atoms with Gasteiger partial charge in [0.15, 0.2) is 23.1 Å². The van der Waals surface area contributed by atoms with E-state index < -0.39 is 40.9 Å². The number of aliphatic hydroxyl groups excluding tert-OH is 2. The van der Waals surface area contributed by atoms with E-state index in [0.29, 0.717) is 23.1 Å². The van der Waals surface area contributed by atoms with E-state index in [-0.39, 0.29) is 46.8 Å². The van der Waals surface area contributed by atoms with Gasteiger partial charge in [-0.25, -0.2) is 0 Å². The van der Waals surface area contributed by atoms with Crippen LogP contribution in [0.1, 0.15) is 58.5 Å². The van der Waals surface area contributed by atoms with E-state index in [4.69, 9.17) is 0 Å². The molecule has 3 N–H and O–H groups in total. The highest BCUT2D eigenvalue weighted by atomic mass is 16.3. The van der Waals surface area contributed by atoms with Crippen molar-refractivity contribution in [2.24, 2.45) is 17.8 Å². The molecule has 7 nitrogen and oxygen atoms in total. The summed E-state index contributed by atoms with van der Waals surface area (Å²) in [5.41, 5.74) is 0.891. The highest BCUT2D eigenvalue weighted by Gasteiger charge is 2.50. The molecule has 0 radical (unpaired) electrons. The standard InChI is InChI=1S/C23H22O7/c1-8-4-13(9(2)24)14-6-11-5-12-7-15(26)16(10(3)25)21(28)18(12)22(29)17(11)23(30)19(14)20(8)27/h4,11-12,18,26-27,29H,5-7H2,1-3H3. The molecule has 0 amide bonds. The molecule has 3 aliphatic rings. The van der Waals surface area contributed by atoms with Crippen LogP contribution in [0.4, 0.5) is 0 Å². The third kappa shape index (κ3) is 2.65. The summed E-state index contributed by atoms with van der Waals surface area (Å²) >= 11 is 0. The van der Waals surface area contributed by atoms with Crippen molar-refractivity contribution in [3.8, 4) is 5.75 Å². The van der Waals surface area contributed by atoms with Crippen LogP contribution in [0.2, 0.25) is 0 Å². The maximum absolute atomic E-state index is 13.3. The number of rotatable bonds is 2. The minimum absolute atomic E-state index is 0.00936. The first-order valence-corrected chi connectivity index (χ1v) is 9.85. The fourth-order valence-corrected chi connectivity index (χ4v) is 5.27. The first-order chi connectivity index (χ1) is 14.0. The number of carbonyl (C=O) groups is 4. The maximum Gasteiger partial charge on any atom is 0.196 e. The molecule has 0 fully saturated rings. The van der Waals surface area contributed by atoms with Crippen molar-refractivity contribution in [3.63, 3.8) is 0 Å². The Balaban J connectivity index is 1.90. The third-order valence-corrected chi connectivity index (χ3v) is 6.56. The summed E-state index contributed by atoms with van der Waals surface area (Å²) in [7, 11) is 0. The van der Waals surface area contributed by atoms with Gasteiger partial charge in [0, 0.05) is 17.6 Å². The van der Waals surface area contributed by atoms with E-state index >= 15 is 0 Å². The van der Waals surface area contributed by atoms with Crippen molar-refractivity contribution in [3.05, 3.63) is 51.0 Å². The summed E-state index contributed by atoms with van der Waals surface area (Å²) in [6, 6.07) is 1.56. The topological polar surface area (TPSA) is 129 Å². The molecule has 3 atom stereocenters. The summed E-state index contributed by atoms with van der Waals surface area (Å²) in [5, 5.41) is 31.7. The molecule has 3 unspecified atom stereocenters. The van der Waals surface area contributed by atoms with E-state index in [2.05, 4.69) is 0 Å². The molecule has 1 aromatic carbocycles. The summed E-state index contributed by atoms with van der Waals surface area (Å²) in [6.07, 6.45) is 0.645. The maximum atomic E-state index is 13.3. The summed E-state index contributed by atoms with van der Waals surface area (Å²) in [6.45, 7) is 4.15. The van der Waals surface area contributed by atoms with E-state index in [1.54, 1.807) is 13.0 Å². The highest BCUT2D eigenvalue weighted by Crippen LogP contribution is 2.50. The van der Waals surface area contributed by atoms with Crippen LogP contribution in [0.5, 0.6) is 5.75 Å². The Kier molecular flexibility index (Phi) is 4.45. The number of ketones is 4. The number of phenolic OH excluding ortho intramolecular Hbond substituents is 1. The monoisotopic (exact) mass is 410 g/mol. The van der Waals surface area contributed by atoms with Crippen molar-refractivity contribution >= 4 is 23.1 Å². The van der Waals surface area contributed by atoms with Crippen LogP contribution in [0.3, 0.4) is 0 Å². The van der Waals surface area contributed by atoms with Crippen molar-refractivity contribution < 1.29 is 34.5 Å². The zero-order valence-corrected chi connectivity index (χ0v) is 16.9. The molecule has 1 aromatic rings. The number of fused-ring (bicyclic) bond motifs is 3. The number of hydrogen-bond donors (Lipinski definition) is 3. The molecule has 0 bridgehead atoms. The molecular formula is C23H22O7. The number of carbonyl (C=O) groups excluding carboxylic acids is 4. The van der Waals surface area contributed by atoms with Crippen LogP contribution in [-0.2, 0) is 16.0 Å². The predicted molar refractivity (Wildman–Crippen MR) is 106 cm³/mol. The Hall–Kier alpha value is -3.22. The number of allylic oxidation sites excluding steroid dienone is 4. The van der Waals surface area contributed by atoms with Crippen LogP contribution < -0.4 is 0 Å². The van der Waals surface area contributed by atoms with Crippen LogP contribution >= 0.6 is 0 Å². The van der Waals surface area contributed by atoms with E-state index in [1.165, 1.54) is 13.8 Å². The minimum atomic E-state index is -1.07. The number of benzene rings is 1. The van der Waals surface area contributed by atoms with Gasteiger partial charge in [-0.05, 0) is 62.6 Å². The molecule has 0 heterocycles. The number of Topliss-reactive ketones (excluding diaryl/α,β-unsaturated/α-hetero) is 4. The third-order valence-electron chi connectivity index (χ3n) is 6.56. The molecule has 7 heteroatoms. The molecule has 0 saturated heterocycles. The molecule has 0 aromatic heterocycles. The molecule has 0 saturated carbocycles. The molecule has 30 heavy (non-hydrogen) atoms. The second kappa shape index (κ2) is 6.65. The fourth-order valence-electron chi connectivity index (χ4n) is 5.27. The lowest BCUT2D eigenvalue weighted by Crippen LogP contribution is -2.42. The second-order valence-electron chi connectivity index (χ2n) is 8.45. The fraction of sp³-hybridized carbons (Fsp3) is 0.391.